The first-order valence-corrected chi connectivity index (χ1v) is 13.8. The lowest BCUT2D eigenvalue weighted by atomic mass is 9.78. The standard InChI is InChI=1S/C29H21BrN4O10/c1-31-8-14(36)34-32-7-9-5-11-15(28(43)33-9)25(40)20-10(21(11)30)3-4-29(20)26(41)18-19(27(29)42)24(39)17-16(23(18)38)12(35)6-13(44-2)22(17)37/h5-7,31,40-42H,3-4,8H2,1-2H3,(H,33,43)(H,34,36)/t29-/m0/s1. The monoisotopic (exact) mass is 664 g/mol. The van der Waals surface area contributed by atoms with Crippen LogP contribution in [0, 0.1) is 10.4 Å². The van der Waals surface area contributed by atoms with Crippen LogP contribution >= 0.6 is 15.9 Å². The first kappa shape index (κ1) is 28.9. The summed E-state index contributed by atoms with van der Waals surface area (Å²) in [6.45, 7) is 0.0124. The van der Waals surface area contributed by atoms with Crippen LogP contribution in [0.1, 0.15) is 23.2 Å². The summed E-state index contributed by atoms with van der Waals surface area (Å²) in [4.78, 5) is 80.4. The van der Waals surface area contributed by atoms with Crippen molar-refractivity contribution in [2.75, 3.05) is 20.7 Å². The van der Waals surface area contributed by atoms with E-state index in [9.17, 15) is 44.1 Å². The molecule has 0 aliphatic heterocycles. The average molecular weight is 665 g/mol. The molecule has 1 aromatic heterocycles. The maximum Gasteiger partial charge on any atom is 0.260 e. The Morgan fingerprint density at radius 2 is 1.70 bits per heavy atom. The van der Waals surface area contributed by atoms with Gasteiger partial charge in [-0.2, -0.15) is 5.10 Å². The van der Waals surface area contributed by atoms with Crippen molar-refractivity contribution in [3.8, 4) is 11.5 Å². The van der Waals surface area contributed by atoms with Crippen molar-refractivity contribution < 1.29 is 24.9 Å². The number of aromatic hydroxyl groups is 1. The van der Waals surface area contributed by atoms with E-state index in [1.807, 2.05) is 0 Å². The van der Waals surface area contributed by atoms with Crippen molar-refractivity contribution >= 4 is 50.3 Å². The van der Waals surface area contributed by atoms with Gasteiger partial charge in [0.05, 0.1) is 51.8 Å². The molecule has 4 aliphatic rings. The molecule has 0 saturated carbocycles. The van der Waals surface area contributed by atoms with Crippen LogP contribution < -0.4 is 53.2 Å². The molecule has 0 fully saturated rings. The number of fused-ring (bicyclic) bond motifs is 4. The molecule has 15 heteroatoms. The van der Waals surface area contributed by atoms with Gasteiger partial charge in [0.15, 0.2) is 11.2 Å². The second-order valence-electron chi connectivity index (χ2n) is 10.3. The lowest BCUT2D eigenvalue weighted by molar-refractivity contribution is -0.120. The SMILES string of the molecule is CNCC(=O)NN=Cc1cc2c(Br)c3c(c(O)c2c(=O)[nH]1)[C@@]1(CC3)C(O)=c2c(=O)c3c(=O)cc(OC)c(=O)c=3c(=O)c2=C1O. The summed E-state index contributed by atoms with van der Waals surface area (Å²) in [5, 5.41) is 38.3. The van der Waals surface area contributed by atoms with Gasteiger partial charge >= 0.3 is 0 Å². The first-order chi connectivity index (χ1) is 20.9. The number of hydrazone groups is 1. The van der Waals surface area contributed by atoms with E-state index in [4.69, 9.17) is 4.74 Å². The number of phenols is 1. The topological polar surface area (TPSA) is 225 Å². The zero-order valence-electron chi connectivity index (χ0n) is 22.9. The van der Waals surface area contributed by atoms with E-state index in [0.29, 0.717) is 10.0 Å². The summed E-state index contributed by atoms with van der Waals surface area (Å²) in [6.07, 6.45) is 1.14. The molecule has 0 unspecified atom stereocenters. The number of benzene rings is 1. The Morgan fingerprint density at radius 1 is 1.05 bits per heavy atom. The number of H-pyrrole nitrogens is 1. The van der Waals surface area contributed by atoms with Crippen LogP contribution in [0.5, 0.6) is 11.5 Å². The van der Waals surface area contributed by atoms with Gasteiger partial charge in [0, 0.05) is 21.5 Å². The average Bonchev–Trinajstić information content (AvgIpc) is 3.49. The fraction of sp³-hybridized carbons (Fsp3) is 0.207. The molecule has 4 aliphatic carbocycles. The Bertz CT molecular complexity index is 2500. The number of nitrogens with one attached hydrogen (secondary N) is 3. The number of carbonyl (C=O) groups excluding carboxylic acids is 1. The van der Waals surface area contributed by atoms with Crippen LogP contribution in [0.4, 0.5) is 0 Å². The lowest BCUT2D eigenvalue weighted by Crippen LogP contribution is -2.51. The second kappa shape index (κ2) is 9.96. The number of aliphatic hydroxyl groups excluding tert-OH is 2. The third-order valence-electron chi connectivity index (χ3n) is 8.11. The van der Waals surface area contributed by atoms with Crippen molar-refractivity contribution in [3.05, 3.63) is 106 Å². The molecule has 0 saturated heterocycles. The van der Waals surface area contributed by atoms with Crippen molar-refractivity contribution in [2.24, 2.45) is 5.10 Å². The van der Waals surface area contributed by atoms with E-state index < -0.39 is 82.5 Å². The van der Waals surface area contributed by atoms with Gasteiger partial charge in [0.2, 0.25) is 16.3 Å². The summed E-state index contributed by atoms with van der Waals surface area (Å²) >= 11 is 3.46. The minimum atomic E-state index is -2.03. The highest BCUT2D eigenvalue weighted by Gasteiger charge is 2.53. The van der Waals surface area contributed by atoms with Gasteiger partial charge in [-0.25, -0.2) is 5.43 Å². The molecule has 6 N–H and O–H groups in total. The number of hydrogen-bond acceptors (Lipinski definition) is 12. The molecule has 0 bridgehead atoms. The number of aromatic amines is 1. The zero-order valence-corrected chi connectivity index (χ0v) is 24.5. The number of carbonyl (C=O) groups is 1. The second-order valence-corrected chi connectivity index (χ2v) is 11.1. The normalized spacial score (nSPS) is 17.2. The summed E-state index contributed by atoms with van der Waals surface area (Å²) < 4.78 is 5.21. The Balaban J connectivity index is 1.66. The zero-order chi connectivity index (χ0) is 31.8. The minimum Gasteiger partial charge on any atom is -0.510 e. The number of phenolic OH excluding ortho intramolecular Hbond substituents is 1. The van der Waals surface area contributed by atoms with Crippen molar-refractivity contribution in [3.63, 3.8) is 0 Å². The number of rotatable bonds is 5. The van der Waals surface area contributed by atoms with Gasteiger partial charge in [-0.3, -0.25) is 28.8 Å². The van der Waals surface area contributed by atoms with E-state index >= 15 is 0 Å². The molecule has 6 rings (SSSR count). The number of halogens is 1. The van der Waals surface area contributed by atoms with Crippen molar-refractivity contribution in [2.45, 2.75) is 18.3 Å². The molecule has 44 heavy (non-hydrogen) atoms. The molecule has 0 radical (unpaired) electrons. The third kappa shape index (κ3) is 3.65. The predicted molar refractivity (Wildman–Crippen MR) is 161 cm³/mol. The van der Waals surface area contributed by atoms with E-state index in [1.165, 1.54) is 12.3 Å². The summed E-state index contributed by atoms with van der Waals surface area (Å²) in [7, 11) is 2.69. The number of nitrogens with zero attached hydrogens (tertiary/aromatic N) is 1. The Hall–Kier alpha value is -5.15. The molecule has 1 spiro atoms. The number of aliphatic hydroxyl groups is 2. The predicted octanol–water partition coefficient (Wildman–Crippen LogP) is -2.05. The molecule has 1 amide bonds. The number of aromatic nitrogens is 1. The smallest absolute Gasteiger partial charge is 0.260 e. The molecule has 224 valence electrons. The molecule has 1 heterocycles. The van der Waals surface area contributed by atoms with Gasteiger partial charge in [-0.1, -0.05) is 0 Å². The van der Waals surface area contributed by atoms with E-state index in [0.717, 1.165) is 13.2 Å². The molecule has 14 nitrogen and oxygen atoms in total. The van der Waals surface area contributed by atoms with Crippen molar-refractivity contribution in [1.82, 2.24) is 15.7 Å². The third-order valence-corrected chi connectivity index (χ3v) is 9.01. The van der Waals surface area contributed by atoms with Crippen LogP contribution in [0.2, 0.25) is 0 Å². The van der Waals surface area contributed by atoms with Crippen molar-refractivity contribution in [1.29, 1.82) is 0 Å². The van der Waals surface area contributed by atoms with Gasteiger partial charge in [-0.05, 0) is 47.4 Å². The summed E-state index contributed by atoms with van der Waals surface area (Å²) in [6, 6.07) is 2.25. The number of hydrogen-bond donors (Lipinski definition) is 6. The quantitative estimate of drug-likeness (QED) is 0.101. The highest BCUT2D eigenvalue weighted by Crippen LogP contribution is 2.56. The molecule has 2 aromatic rings. The highest BCUT2D eigenvalue weighted by atomic mass is 79.9. The maximum absolute atomic E-state index is 13.6. The molecular formula is C29H21BrN4O10. The fourth-order valence-corrected chi connectivity index (χ4v) is 6.96. The van der Waals surface area contributed by atoms with Gasteiger partial charge < -0.3 is 30.4 Å². The van der Waals surface area contributed by atoms with Crippen LogP contribution in [-0.2, 0) is 16.6 Å². The molecule has 1 aromatic carbocycles. The van der Waals surface area contributed by atoms with Gasteiger partial charge in [-0.15, -0.1) is 0 Å². The summed E-state index contributed by atoms with van der Waals surface area (Å²) in [5.41, 5.74) is -4.45. The Kier molecular flexibility index (Phi) is 6.55. The maximum atomic E-state index is 13.6. The van der Waals surface area contributed by atoms with Gasteiger partial charge in [0.1, 0.15) is 22.7 Å². The lowest BCUT2D eigenvalue weighted by Gasteiger charge is -2.27. The minimum absolute atomic E-state index is 0.0124. The summed E-state index contributed by atoms with van der Waals surface area (Å²) in [5.74, 6) is -3.13. The number of likely N-dealkylation sites (N-methyl/N-ethyl adjacent to an activating group) is 1. The fourth-order valence-electron chi connectivity index (χ4n) is 6.26. The largest absolute Gasteiger partial charge is 0.510 e. The number of ether oxygens (including phenoxy) is 1. The highest BCUT2D eigenvalue weighted by molar-refractivity contribution is 9.10. The molecule has 1 atom stereocenters. The first-order valence-electron chi connectivity index (χ1n) is 13.0. The van der Waals surface area contributed by atoms with Crippen LogP contribution in [0.3, 0.4) is 0 Å². The van der Waals surface area contributed by atoms with Crippen LogP contribution in [0.25, 0.3) is 22.3 Å². The Labute approximate surface area is 251 Å². The number of pyridine rings is 1. The molecular weight excluding hydrogens is 644 g/mol. The van der Waals surface area contributed by atoms with Crippen LogP contribution in [0.15, 0.2) is 45.7 Å². The van der Waals surface area contributed by atoms with Crippen LogP contribution in [-0.4, -0.2) is 53.1 Å². The van der Waals surface area contributed by atoms with E-state index in [1.54, 1.807) is 7.05 Å². The van der Waals surface area contributed by atoms with E-state index in [-0.39, 0.29) is 41.4 Å². The van der Waals surface area contributed by atoms with E-state index in [2.05, 4.69) is 36.8 Å². The number of amides is 1. The number of methoxy groups -OCH3 is 1. The Morgan fingerprint density at radius 3 is 2.34 bits per heavy atom. The van der Waals surface area contributed by atoms with Gasteiger partial charge in [0.25, 0.3) is 11.5 Å².